The van der Waals surface area contributed by atoms with Crippen LogP contribution in [0.25, 0.3) is 0 Å². The minimum absolute atomic E-state index is 0.217. The first kappa shape index (κ1) is 15.1. The van der Waals surface area contributed by atoms with Crippen LogP contribution in [0.1, 0.15) is 44.1 Å². The summed E-state index contributed by atoms with van der Waals surface area (Å²) in [5.74, 6) is 2.05. The summed E-state index contributed by atoms with van der Waals surface area (Å²) in [6.45, 7) is 2.25. The fourth-order valence-electron chi connectivity index (χ4n) is 4.76. The van der Waals surface area contributed by atoms with Crippen molar-refractivity contribution in [3.8, 4) is 0 Å². The van der Waals surface area contributed by atoms with Crippen molar-refractivity contribution >= 4 is 5.91 Å². The number of aromatic nitrogens is 1. The third-order valence-corrected chi connectivity index (χ3v) is 5.91. The smallest absolute Gasteiger partial charge is 0.226 e. The summed E-state index contributed by atoms with van der Waals surface area (Å²) in [4.78, 5) is 19.4. The summed E-state index contributed by atoms with van der Waals surface area (Å²) in [6, 6.07) is 4.01. The highest BCUT2D eigenvalue weighted by Crippen LogP contribution is 2.49. The highest BCUT2D eigenvalue weighted by atomic mass is 16.5. The Labute approximate surface area is 138 Å². The third kappa shape index (κ3) is 3.27. The van der Waals surface area contributed by atoms with E-state index in [9.17, 15) is 4.79 Å². The minimum Gasteiger partial charge on any atom is -0.376 e. The molecule has 0 spiro atoms. The van der Waals surface area contributed by atoms with E-state index in [0.29, 0.717) is 18.4 Å². The van der Waals surface area contributed by atoms with Gasteiger partial charge in [-0.2, -0.15) is 0 Å². The molecule has 0 N–H and O–H groups in total. The maximum absolute atomic E-state index is 13.2. The van der Waals surface area contributed by atoms with Crippen molar-refractivity contribution in [3.63, 3.8) is 0 Å². The Morgan fingerprint density at radius 1 is 1.30 bits per heavy atom. The zero-order chi connectivity index (χ0) is 15.6. The average molecular weight is 314 g/mol. The molecule has 4 atom stereocenters. The molecule has 1 amide bonds. The van der Waals surface area contributed by atoms with E-state index < -0.39 is 0 Å². The predicted octanol–water partition coefficient (Wildman–Crippen LogP) is 3.03. The molecule has 3 aliphatic rings. The van der Waals surface area contributed by atoms with E-state index in [2.05, 4.69) is 16.0 Å². The number of carbonyl (C=O) groups excluding carboxylic acids is 1. The van der Waals surface area contributed by atoms with Gasteiger partial charge in [0.2, 0.25) is 5.91 Å². The second-order valence-corrected chi connectivity index (χ2v) is 7.50. The summed E-state index contributed by atoms with van der Waals surface area (Å²) in [6.07, 6.45) is 11.0. The van der Waals surface area contributed by atoms with E-state index >= 15 is 0 Å². The lowest BCUT2D eigenvalue weighted by molar-refractivity contribution is -0.139. The number of hydrogen-bond donors (Lipinski definition) is 0. The van der Waals surface area contributed by atoms with Crippen molar-refractivity contribution < 1.29 is 9.53 Å². The molecule has 2 heterocycles. The van der Waals surface area contributed by atoms with Crippen LogP contribution in [0, 0.1) is 17.8 Å². The van der Waals surface area contributed by atoms with Gasteiger partial charge in [-0.1, -0.05) is 12.5 Å². The van der Waals surface area contributed by atoms with Gasteiger partial charge < -0.3 is 9.64 Å². The molecule has 4 nitrogen and oxygen atoms in total. The number of hydrogen-bond acceptors (Lipinski definition) is 3. The minimum atomic E-state index is 0.217. The van der Waals surface area contributed by atoms with Crippen LogP contribution in [0.3, 0.4) is 0 Å². The molecule has 0 aromatic carbocycles. The first-order valence-corrected chi connectivity index (χ1v) is 9.09. The number of amides is 1. The number of pyridine rings is 1. The molecule has 4 unspecified atom stereocenters. The molecule has 4 rings (SSSR count). The van der Waals surface area contributed by atoms with Gasteiger partial charge in [-0.25, -0.2) is 0 Å². The molecule has 1 saturated heterocycles. The Morgan fingerprint density at radius 2 is 2.26 bits per heavy atom. The maximum atomic E-state index is 13.2. The summed E-state index contributed by atoms with van der Waals surface area (Å²) >= 11 is 0. The van der Waals surface area contributed by atoms with Crippen LogP contribution in [-0.2, 0) is 16.1 Å². The van der Waals surface area contributed by atoms with Crippen molar-refractivity contribution in [2.75, 3.05) is 13.2 Å². The van der Waals surface area contributed by atoms with Crippen LogP contribution < -0.4 is 0 Å². The van der Waals surface area contributed by atoms with Gasteiger partial charge in [0, 0.05) is 38.0 Å². The summed E-state index contributed by atoms with van der Waals surface area (Å²) < 4.78 is 5.79. The highest BCUT2D eigenvalue weighted by Gasteiger charge is 2.44. The molecule has 124 valence electrons. The molecular weight excluding hydrogens is 288 g/mol. The van der Waals surface area contributed by atoms with Crippen LogP contribution >= 0.6 is 0 Å². The fourth-order valence-corrected chi connectivity index (χ4v) is 4.76. The third-order valence-electron chi connectivity index (χ3n) is 5.91. The van der Waals surface area contributed by atoms with Crippen molar-refractivity contribution in [1.82, 2.24) is 9.88 Å². The molecule has 2 bridgehead atoms. The molecule has 1 aromatic heterocycles. The van der Waals surface area contributed by atoms with Crippen LogP contribution in [0.5, 0.6) is 0 Å². The lowest BCUT2D eigenvalue weighted by Gasteiger charge is -2.31. The summed E-state index contributed by atoms with van der Waals surface area (Å²) in [5.41, 5.74) is 1.11. The van der Waals surface area contributed by atoms with E-state index in [1.54, 1.807) is 6.20 Å². The van der Waals surface area contributed by atoms with E-state index in [4.69, 9.17) is 4.74 Å². The van der Waals surface area contributed by atoms with E-state index in [0.717, 1.165) is 43.9 Å². The summed E-state index contributed by atoms with van der Waals surface area (Å²) in [5, 5.41) is 0. The zero-order valence-electron chi connectivity index (χ0n) is 13.7. The number of carbonyl (C=O) groups is 1. The molecule has 3 fully saturated rings. The van der Waals surface area contributed by atoms with Crippen LogP contribution in [0.15, 0.2) is 24.5 Å². The van der Waals surface area contributed by atoms with Gasteiger partial charge in [-0.05, 0) is 55.6 Å². The quantitative estimate of drug-likeness (QED) is 0.839. The van der Waals surface area contributed by atoms with Gasteiger partial charge in [0.05, 0.1) is 6.10 Å². The summed E-state index contributed by atoms with van der Waals surface area (Å²) in [7, 11) is 0. The molecule has 2 saturated carbocycles. The molecule has 1 aliphatic heterocycles. The standard InChI is InChI=1S/C19H26N2O2/c22-19(18-10-14-5-6-16(18)9-14)21(13-17-4-2-8-23-17)12-15-3-1-7-20-11-15/h1,3,7,11,14,16-18H,2,4-6,8-10,12-13H2. The normalized spacial score (nSPS) is 32.3. The molecule has 1 aromatic rings. The Morgan fingerprint density at radius 3 is 2.91 bits per heavy atom. The van der Waals surface area contributed by atoms with Crippen molar-refractivity contribution in [2.24, 2.45) is 17.8 Å². The Balaban J connectivity index is 1.48. The van der Waals surface area contributed by atoms with Crippen LogP contribution in [0.4, 0.5) is 0 Å². The predicted molar refractivity (Wildman–Crippen MR) is 87.6 cm³/mol. The lowest BCUT2D eigenvalue weighted by Crippen LogP contribution is -2.41. The Bertz CT molecular complexity index is 542. The average Bonchev–Trinajstić information content (AvgIpc) is 3.32. The topological polar surface area (TPSA) is 42.4 Å². The van der Waals surface area contributed by atoms with Crippen molar-refractivity contribution in [1.29, 1.82) is 0 Å². The highest BCUT2D eigenvalue weighted by molar-refractivity contribution is 5.79. The Hall–Kier alpha value is -1.42. The van der Waals surface area contributed by atoms with Gasteiger partial charge in [-0.3, -0.25) is 9.78 Å². The molecule has 4 heteroatoms. The number of rotatable bonds is 5. The molecule has 2 aliphatic carbocycles. The van der Waals surface area contributed by atoms with E-state index in [1.807, 2.05) is 12.3 Å². The number of ether oxygens (including phenoxy) is 1. The molecule has 23 heavy (non-hydrogen) atoms. The number of fused-ring (bicyclic) bond motifs is 2. The monoisotopic (exact) mass is 314 g/mol. The second kappa shape index (κ2) is 6.60. The van der Waals surface area contributed by atoms with Gasteiger partial charge in [0.1, 0.15) is 0 Å². The molecular formula is C19H26N2O2. The van der Waals surface area contributed by atoms with E-state index in [1.165, 1.54) is 19.3 Å². The number of nitrogens with zero attached hydrogens (tertiary/aromatic N) is 2. The van der Waals surface area contributed by atoms with Crippen molar-refractivity contribution in [2.45, 2.75) is 51.2 Å². The van der Waals surface area contributed by atoms with Gasteiger partial charge >= 0.3 is 0 Å². The fraction of sp³-hybridized carbons (Fsp3) is 0.684. The van der Waals surface area contributed by atoms with Crippen LogP contribution in [-0.4, -0.2) is 35.0 Å². The van der Waals surface area contributed by atoms with E-state index in [-0.39, 0.29) is 12.0 Å². The van der Waals surface area contributed by atoms with Crippen LogP contribution in [0.2, 0.25) is 0 Å². The first-order chi connectivity index (χ1) is 11.3. The Kier molecular flexibility index (Phi) is 4.34. The van der Waals surface area contributed by atoms with Crippen molar-refractivity contribution in [3.05, 3.63) is 30.1 Å². The largest absolute Gasteiger partial charge is 0.376 e. The zero-order valence-corrected chi connectivity index (χ0v) is 13.7. The second-order valence-electron chi connectivity index (χ2n) is 7.50. The lowest BCUT2D eigenvalue weighted by atomic mass is 9.87. The SMILES string of the molecule is O=C(C1CC2CCC1C2)N(Cc1cccnc1)CC1CCCO1. The van der Waals surface area contributed by atoms with Gasteiger partial charge in [-0.15, -0.1) is 0 Å². The van der Waals surface area contributed by atoms with Gasteiger partial charge in [0.15, 0.2) is 0 Å². The van der Waals surface area contributed by atoms with Gasteiger partial charge in [0.25, 0.3) is 0 Å². The molecule has 0 radical (unpaired) electrons. The first-order valence-electron chi connectivity index (χ1n) is 9.09. The maximum Gasteiger partial charge on any atom is 0.226 e.